The summed E-state index contributed by atoms with van der Waals surface area (Å²) >= 11 is 0. The summed E-state index contributed by atoms with van der Waals surface area (Å²) < 4.78 is 13.1. The first-order valence-electron chi connectivity index (χ1n) is 6.50. The first-order chi connectivity index (χ1) is 9.65. The van der Waals surface area contributed by atoms with Crippen molar-refractivity contribution in [3.8, 4) is 0 Å². The highest BCUT2D eigenvalue weighted by Crippen LogP contribution is 2.15. The van der Waals surface area contributed by atoms with E-state index in [4.69, 9.17) is 0 Å². The zero-order chi connectivity index (χ0) is 14.4. The molecule has 0 atom stereocenters. The average Bonchev–Trinajstić information content (AvgIpc) is 2.44. The van der Waals surface area contributed by atoms with E-state index in [0.29, 0.717) is 12.2 Å². The van der Waals surface area contributed by atoms with Gasteiger partial charge in [-0.2, -0.15) is 0 Å². The number of carbonyl (C=O) groups excluding carboxylic acids is 1. The second kappa shape index (κ2) is 6.70. The molecular formula is C16H17FN2O. The number of anilines is 1. The number of benzene rings is 2. The second-order valence-electron chi connectivity index (χ2n) is 4.58. The van der Waals surface area contributed by atoms with E-state index in [9.17, 15) is 9.18 Å². The van der Waals surface area contributed by atoms with Crippen LogP contribution in [0.5, 0.6) is 0 Å². The number of rotatable bonds is 4. The molecule has 20 heavy (non-hydrogen) atoms. The summed E-state index contributed by atoms with van der Waals surface area (Å²) in [4.78, 5) is 11.7. The maximum Gasteiger partial charge on any atom is 0.319 e. The fourth-order valence-corrected chi connectivity index (χ4v) is 1.86. The first kappa shape index (κ1) is 14.1. The molecule has 0 fully saturated rings. The smallest absolute Gasteiger partial charge is 0.319 e. The molecular weight excluding hydrogens is 255 g/mol. The molecule has 0 aliphatic rings. The van der Waals surface area contributed by atoms with Gasteiger partial charge in [0.2, 0.25) is 0 Å². The first-order valence-corrected chi connectivity index (χ1v) is 6.50. The highest BCUT2D eigenvalue weighted by atomic mass is 19.1. The molecule has 2 aromatic carbocycles. The average molecular weight is 272 g/mol. The minimum Gasteiger partial charge on any atom is -0.338 e. The lowest BCUT2D eigenvalue weighted by Gasteiger charge is -2.10. The molecule has 2 aromatic rings. The van der Waals surface area contributed by atoms with Gasteiger partial charge in [0.25, 0.3) is 0 Å². The lowest BCUT2D eigenvalue weighted by molar-refractivity contribution is 0.252. The molecule has 3 nitrogen and oxygen atoms in total. The molecule has 0 aromatic heterocycles. The standard InChI is InChI=1S/C16H17FN2O/c1-12-7-8-14(17)11-15(12)19-16(20)18-10-9-13-5-3-2-4-6-13/h2-8,11H,9-10H2,1H3,(H2,18,19,20). The van der Waals surface area contributed by atoms with Crippen molar-refractivity contribution in [2.75, 3.05) is 11.9 Å². The maximum atomic E-state index is 13.1. The number of hydrogen-bond donors (Lipinski definition) is 2. The predicted octanol–water partition coefficient (Wildman–Crippen LogP) is 3.50. The number of nitrogens with one attached hydrogen (secondary N) is 2. The molecule has 0 aliphatic carbocycles. The SMILES string of the molecule is Cc1ccc(F)cc1NC(=O)NCCc1ccccc1. The van der Waals surface area contributed by atoms with Gasteiger partial charge in [-0.1, -0.05) is 36.4 Å². The van der Waals surface area contributed by atoms with Crippen molar-refractivity contribution >= 4 is 11.7 Å². The lowest BCUT2D eigenvalue weighted by Crippen LogP contribution is -2.30. The number of halogens is 1. The van der Waals surface area contributed by atoms with Gasteiger partial charge in [-0.25, -0.2) is 9.18 Å². The van der Waals surface area contributed by atoms with Gasteiger partial charge in [-0.05, 0) is 36.6 Å². The Bertz CT molecular complexity index is 584. The van der Waals surface area contributed by atoms with Crippen LogP contribution in [0.25, 0.3) is 0 Å². The topological polar surface area (TPSA) is 41.1 Å². The number of urea groups is 1. The normalized spacial score (nSPS) is 10.1. The van der Waals surface area contributed by atoms with E-state index in [0.717, 1.165) is 17.5 Å². The van der Waals surface area contributed by atoms with Gasteiger partial charge < -0.3 is 10.6 Å². The molecule has 0 unspecified atom stereocenters. The van der Waals surface area contributed by atoms with E-state index >= 15 is 0 Å². The second-order valence-corrected chi connectivity index (χ2v) is 4.58. The number of carbonyl (C=O) groups is 1. The molecule has 0 spiro atoms. The third-order valence-corrected chi connectivity index (χ3v) is 2.99. The maximum absolute atomic E-state index is 13.1. The van der Waals surface area contributed by atoms with Crippen molar-refractivity contribution in [3.05, 3.63) is 65.5 Å². The molecule has 2 rings (SSSR count). The van der Waals surface area contributed by atoms with Gasteiger partial charge in [-0.15, -0.1) is 0 Å². The van der Waals surface area contributed by atoms with E-state index < -0.39 is 0 Å². The zero-order valence-corrected chi connectivity index (χ0v) is 11.3. The van der Waals surface area contributed by atoms with Crippen LogP contribution < -0.4 is 10.6 Å². The van der Waals surface area contributed by atoms with Crippen LogP contribution in [0.2, 0.25) is 0 Å². The Kier molecular flexibility index (Phi) is 4.71. The fraction of sp³-hybridized carbons (Fsp3) is 0.188. The predicted molar refractivity (Wildman–Crippen MR) is 78.3 cm³/mol. The van der Waals surface area contributed by atoms with Crippen LogP contribution in [0.3, 0.4) is 0 Å². The van der Waals surface area contributed by atoms with Gasteiger partial charge in [0.15, 0.2) is 0 Å². The summed E-state index contributed by atoms with van der Waals surface area (Å²) in [5.74, 6) is -0.366. The Hall–Kier alpha value is -2.36. The van der Waals surface area contributed by atoms with Crippen LogP contribution in [0, 0.1) is 12.7 Å². The molecule has 0 bridgehead atoms. The van der Waals surface area contributed by atoms with Crippen LogP contribution in [0.4, 0.5) is 14.9 Å². The molecule has 104 valence electrons. The van der Waals surface area contributed by atoms with E-state index in [1.165, 1.54) is 12.1 Å². The third-order valence-electron chi connectivity index (χ3n) is 2.99. The van der Waals surface area contributed by atoms with Crippen LogP contribution in [-0.2, 0) is 6.42 Å². The van der Waals surface area contributed by atoms with E-state index in [1.54, 1.807) is 6.07 Å². The molecule has 0 radical (unpaired) electrons. The Morgan fingerprint density at radius 1 is 1.15 bits per heavy atom. The number of aryl methyl sites for hydroxylation is 1. The van der Waals surface area contributed by atoms with E-state index in [-0.39, 0.29) is 11.8 Å². The van der Waals surface area contributed by atoms with Crippen molar-refractivity contribution in [2.24, 2.45) is 0 Å². The monoisotopic (exact) mass is 272 g/mol. The Morgan fingerprint density at radius 3 is 2.65 bits per heavy atom. The van der Waals surface area contributed by atoms with Gasteiger partial charge in [0, 0.05) is 12.2 Å². The summed E-state index contributed by atoms with van der Waals surface area (Å²) in [6.45, 7) is 2.35. The van der Waals surface area contributed by atoms with Gasteiger partial charge in [-0.3, -0.25) is 0 Å². The fourth-order valence-electron chi connectivity index (χ4n) is 1.86. The summed E-state index contributed by atoms with van der Waals surface area (Å²) in [6, 6.07) is 13.9. The summed E-state index contributed by atoms with van der Waals surface area (Å²) in [7, 11) is 0. The molecule has 0 aliphatic heterocycles. The summed E-state index contributed by atoms with van der Waals surface area (Å²) in [5.41, 5.74) is 2.47. The third kappa shape index (κ3) is 4.09. The quantitative estimate of drug-likeness (QED) is 0.878. The van der Waals surface area contributed by atoms with Crippen LogP contribution in [-0.4, -0.2) is 12.6 Å². The Morgan fingerprint density at radius 2 is 1.90 bits per heavy atom. The molecule has 2 amide bonds. The van der Waals surface area contributed by atoms with Crippen LogP contribution >= 0.6 is 0 Å². The minimum absolute atomic E-state index is 0.324. The largest absolute Gasteiger partial charge is 0.338 e. The van der Waals surface area contributed by atoms with E-state index in [1.807, 2.05) is 37.3 Å². The number of amides is 2. The van der Waals surface area contributed by atoms with E-state index in [2.05, 4.69) is 10.6 Å². The van der Waals surface area contributed by atoms with Crippen LogP contribution in [0.1, 0.15) is 11.1 Å². The van der Waals surface area contributed by atoms with Crippen molar-refractivity contribution in [3.63, 3.8) is 0 Å². The van der Waals surface area contributed by atoms with Gasteiger partial charge in [0.05, 0.1) is 0 Å². The molecule has 4 heteroatoms. The Labute approximate surface area is 117 Å². The van der Waals surface area contributed by atoms with Gasteiger partial charge >= 0.3 is 6.03 Å². The highest BCUT2D eigenvalue weighted by molar-refractivity contribution is 5.90. The van der Waals surface area contributed by atoms with Crippen molar-refractivity contribution < 1.29 is 9.18 Å². The Balaban J connectivity index is 1.82. The molecule has 0 saturated carbocycles. The minimum atomic E-state index is -0.366. The molecule has 2 N–H and O–H groups in total. The zero-order valence-electron chi connectivity index (χ0n) is 11.3. The van der Waals surface area contributed by atoms with Gasteiger partial charge in [0.1, 0.15) is 5.82 Å². The van der Waals surface area contributed by atoms with Crippen molar-refractivity contribution in [2.45, 2.75) is 13.3 Å². The van der Waals surface area contributed by atoms with Crippen molar-refractivity contribution in [1.29, 1.82) is 0 Å². The number of hydrogen-bond acceptors (Lipinski definition) is 1. The lowest BCUT2D eigenvalue weighted by atomic mass is 10.1. The highest BCUT2D eigenvalue weighted by Gasteiger charge is 2.05. The summed E-state index contributed by atoms with van der Waals surface area (Å²) in [6.07, 6.45) is 0.760. The van der Waals surface area contributed by atoms with Crippen molar-refractivity contribution in [1.82, 2.24) is 5.32 Å². The van der Waals surface area contributed by atoms with Crippen LogP contribution in [0.15, 0.2) is 48.5 Å². The molecule has 0 heterocycles. The molecule has 0 saturated heterocycles. The summed E-state index contributed by atoms with van der Waals surface area (Å²) in [5, 5.41) is 5.40.